The van der Waals surface area contributed by atoms with Gasteiger partial charge in [-0.15, -0.1) is 0 Å². The van der Waals surface area contributed by atoms with Crippen molar-refractivity contribution < 1.29 is 13.9 Å². The number of nitriles is 1. The molecular formula is C23H19BrN2O3. The van der Waals surface area contributed by atoms with Crippen molar-refractivity contribution in [3.05, 3.63) is 81.5 Å². The van der Waals surface area contributed by atoms with Crippen LogP contribution in [0, 0.1) is 18.3 Å². The molecule has 0 atom stereocenters. The summed E-state index contributed by atoms with van der Waals surface area (Å²) >= 11 is 3.53. The van der Waals surface area contributed by atoms with Gasteiger partial charge in [-0.3, -0.25) is 4.79 Å². The Kier molecular flexibility index (Phi) is 6.53. The molecule has 5 nitrogen and oxygen atoms in total. The number of aryl methyl sites for hydroxylation is 1. The van der Waals surface area contributed by atoms with Gasteiger partial charge in [-0.05, 0) is 54.4 Å². The summed E-state index contributed by atoms with van der Waals surface area (Å²) in [4.78, 5) is 12.4. The number of nitrogens with zero attached hydrogens (tertiary/aromatic N) is 1. The fourth-order valence-electron chi connectivity index (χ4n) is 2.71. The Balaban J connectivity index is 1.71. The van der Waals surface area contributed by atoms with E-state index in [-0.39, 0.29) is 5.57 Å². The van der Waals surface area contributed by atoms with Crippen LogP contribution in [0.4, 0.5) is 0 Å². The van der Waals surface area contributed by atoms with E-state index in [2.05, 4.69) is 21.2 Å². The third-order valence-corrected chi connectivity index (χ3v) is 4.94. The van der Waals surface area contributed by atoms with Gasteiger partial charge in [0, 0.05) is 22.7 Å². The molecule has 0 unspecified atom stereocenters. The molecule has 1 amide bonds. The van der Waals surface area contributed by atoms with Crippen LogP contribution in [0.1, 0.15) is 16.9 Å². The number of halogens is 1. The van der Waals surface area contributed by atoms with Crippen LogP contribution in [0.2, 0.25) is 0 Å². The van der Waals surface area contributed by atoms with Crippen LogP contribution in [-0.4, -0.2) is 13.0 Å². The highest BCUT2D eigenvalue weighted by atomic mass is 79.9. The molecule has 3 rings (SSSR count). The molecule has 3 aromatic rings. The maximum absolute atomic E-state index is 12.4. The molecule has 2 aromatic carbocycles. The van der Waals surface area contributed by atoms with Crippen LogP contribution in [0.3, 0.4) is 0 Å². The standard InChI is InChI=1S/C23H19BrN2O3/c1-15-3-9-20(21(24)11-15)22-10-8-19(29-22)12-17(13-25)23(27)26-14-16-4-6-18(28-2)7-5-16/h3-12H,14H2,1-2H3,(H,26,27)/b17-12+. The van der Waals surface area contributed by atoms with Gasteiger partial charge in [-0.25, -0.2) is 0 Å². The lowest BCUT2D eigenvalue weighted by Gasteiger charge is -2.05. The second kappa shape index (κ2) is 9.26. The molecule has 0 aliphatic heterocycles. The number of furan rings is 1. The lowest BCUT2D eigenvalue weighted by molar-refractivity contribution is -0.117. The topological polar surface area (TPSA) is 75.3 Å². The fourth-order valence-corrected chi connectivity index (χ4v) is 3.40. The molecule has 0 spiro atoms. The van der Waals surface area contributed by atoms with Gasteiger partial charge in [0.1, 0.15) is 28.9 Å². The third-order valence-electron chi connectivity index (χ3n) is 4.28. The first-order chi connectivity index (χ1) is 14.0. The van der Waals surface area contributed by atoms with E-state index in [1.54, 1.807) is 13.2 Å². The van der Waals surface area contributed by atoms with E-state index in [4.69, 9.17) is 9.15 Å². The number of carbonyl (C=O) groups excluding carboxylic acids is 1. The lowest BCUT2D eigenvalue weighted by atomic mass is 10.1. The summed E-state index contributed by atoms with van der Waals surface area (Å²) in [7, 11) is 1.60. The average molecular weight is 451 g/mol. The molecule has 0 bridgehead atoms. The fraction of sp³-hybridized carbons (Fsp3) is 0.130. The predicted molar refractivity (Wildman–Crippen MR) is 115 cm³/mol. The summed E-state index contributed by atoms with van der Waals surface area (Å²) in [6, 6.07) is 18.8. The Morgan fingerprint density at radius 2 is 1.97 bits per heavy atom. The summed E-state index contributed by atoms with van der Waals surface area (Å²) in [5.74, 6) is 1.37. The molecular weight excluding hydrogens is 432 g/mol. The van der Waals surface area contributed by atoms with E-state index in [1.807, 2.05) is 61.5 Å². The Morgan fingerprint density at radius 1 is 1.21 bits per heavy atom. The highest BCUT2D eigenvalue weighted by Gasteiger charge is 2.12. The van der Waals surface area contributed by atoms with Gasteiger partial charge < -0.3 is 14.5 Å². The van der Waals surface area contributed by atoms with Crippen molar-refractivity contribution in [3.8, 4) is 23.1 Å². The van der Waals surface area contributed by atoms with Crippen LogP contribution in [0.25, 0.3) is 17.4 Å². The van der Waals surface area contributed by atoms with Gasteiger partial charge in [0.05, 0.1) is 7.11 Å². The van der Waals surface area contributed by atoms with E-state index in [0.29, 0.717) is 18.1 Å². The van der Waals surface area contributed by atoms with Gasteiger partial charge in [0.2, 0.25) is 0 Å². The Morgan fingerprint density at radius 3 is 2.62 bits per heavy atom. The predicted octanol–water partition coefficient (Wildman–Crippen LogP) is 5.25. The maximum Gasteiger partial charge on any atom is 0.262 e. The summed E-state index contributed by atoms with van der Waals surface area (Å²) < 4.78 is 11.8. The van der Waals surface area contributed by atoms with Crippen LogP contribution in [0.15, 0.2) is 69.1 Å². The van der Waals surface area contributed by atoms with E-state index in [0.717, 1.165) is 26.9 Å². The second-order valence-corrected chi connectivity index (χ2v) is 7.24. The number of rotatable bonds is 6. The molecule has 0 fully saturated rings. The SMILES string of the molecule is COc1ccc(CNC(=O)/C(C#N)=C/c2ccc(-c3ccc(C)cc3Br)o2)cc1. The van der Waals surface area contributed by atoms with Crippen LogP contribution >= 0.6 is 15.9 Å². The number of hydrogen-bond donors (Lipinski definition) is 1. The molecule has 1 N–H and O–H groups in total. The lowest BCUT2D eigenvalue weighted by Crippen LogP contribution is -2.23. The van der Waals surface area contributed by atoms with E-state index in [9.17, 15) is 10.1 Å². The minimum Gasteiger partial charge on any atom is -0.497 e. The Labute approximate surface area is 177 Å². The minimum atomic E-state index is -0.460. The number of methoxy groups -OCH3 is 1. The molecule has 0 aliphatic rings. The zero-order valence-electron chi connectivity index (χ0n) is 16.0. The Bertz CT molecular complexity index is 1090. The first-order valence-electron chi connectivity index (χ1n) is 8.89. The molecule has 0 aliphatic carbocycles. The first-order valence-corrected chi connectivity index (χ1v) is 9.68. The smallest absolute Gasteiger partial charge is 0.262 e. The number of ether oxygens (including phenoxy) is 1. The summed E-state index contributed by atoms with van der Waals surface area (Å²) in [6.45, 7) is 2.32. The van der Waals surface area contributed by atoms with Crippen molar-refractivity contribution in [3.63, 3.8) is 0 Å². The molecule has 0 radical (unpaired) electrons. The van der Waals surface area contributed by atoms with Crippen molar-refractivity contribution in [2.75, 3.05) is 7.11 Å². The summed E-state index contributed by atoms with van der Waals surface area (Å²) in [5, 5.41) is 12.1. The molecule has 146 valence electrons. The van der Waals surface area contributed by atoms with Crippen molar-refractivity contribution in [2.45, 2.75) is 13.5 Å². The van der Waals surface area contributed by atoms with Crippen LogP contribution < -0.4 is 10.1 Å². The van der Waals surface area contributed by atoms with Crippen LogP contribution in [-0.2, 0) is 11.3 Å². The molecule has 6 heteroatoms. The molecule has 29 heavy (non-hydrogen) atoms. The van der Waals surface area contributed by atoms with E-state index >= 15 is 0 Å². The van der Waals surface area contributed by atoms with E-state index < -0.39 is 5.91 Å². The third kappa shape index (κ3) is 5.15. The zero-order chi connectivity index (χ0) is 20.8. The monoisotopic (exact) mass is 450 g/mol. The Hall–Kier alpha value is -3.30. The normalized spacial score (nSPS) is 11.0. The highest BCUT2D eigenvalue weighted by Crippen LogP contribution is 2.31. The maximum atomic E-state index is 12.4. The second-order valence-electron chi connectivity index (χ2n) is 6.39. The van der Waals surface area contributed by atoms with Crippen molar-refractivity contribution in [1.82, 2.24) is 5.32 Å². The van der Waals surface area contributed by atoms with E-state index in [1.165, 1.54) is 6.08 Å². The largest absolute Gasteiger partial charge is 0.497 e. The first kappa shape index (κ1) is 20.4. The number of hydrogen-bond acceptors (Lipinski definition) is 4. The zero-order valence-corrected chi connectivity index (χ0v) is 17.6. The molecule has 1 heterocycles. The van der Waals surface area contributed by atoms with Gasteiger partial charge >= 0.3 is 0 Å². The van der Waals surface area contributed by atoms with Crippen molar-refractivity contribution in [2.24, 2.45) is 0 Å². The van der Waals surface area contributed by atoms with Gasteiger partial charge in [0.25, 0.3) is 5.91 Å². The minimum absolute atomic E-state index is 0.0256. The molecule has 0 saturated heterocycles. The number of nitrogens with one attached hydrogen (secondary N) is 1. The molecule has 0 saturated carbocycles. The quantitative estimate of drug-likeness (QED) is 0.410. The molecule has 1 aromatic heterocycles. The summed E-state index contributed by atoms with van der Waals surface area (Å²) in [6.07, 6.45) is 1.44. The van der Waals surface area contributed by atoms with Gasteiger partial charge in [-0.1, -0.05) is 34.1 Å². The van der Waals surface area contributed by atoms with Crippen LogP contribution in [0.5, 0.6) is 5.75 Å². The number of carbonyl (C=O) groups is 1. The van der Waals surface area contributed by atoms with Gasteiger partial charge in [-0.2, -0.15) is 5.26 Å². The number of amides is 1. The average Bonchev–Trinajstić information content (AvgIpc) is 3.18. The van der Waals surface area contributed by atoms with Crippen molar-refractivity contribution >= 4 is 27.9 Å². The number of benzene rings is 2. The summed E-state index contributed by atoms with van der Waals surface area (Å²) in [5.41, 5.74) is 2.91. The highest BCUT2D eigenvalue weighted by molar-refractivity contribution is 9.10. The van der Waals surface area contributed by atoms with Crippen molar-refractivity contribution in [1.29, 1.82) is 5.26 Å². The van der Waals surface area contributed by atoms with Gasteiger partial charge in [0.15, 0.2) is 0 Å².